The number of anilines is 1. The molecule has 2 aromatic rings. The van der Waals surface area contributed by atoms with E-state index in [0.29, 0.717) is 6.54 Å². The molecule has 0 fully saturated rings. The van der Waals surface area contributed by atoms with Gasteiger partial charge in [0.25, 0.3) is 0 Å². The number of nitrogens with one attached hydrogen (secondary N) is 1. The number of carbonyl (C=O) groups is 1. The fourth-order valence-corrected chi connectivity index (χ4v) is 2.20. The monoisotopic (exact) mass is 304 g/mol. The molecular weight excluding hydrogens is 292 g/mol. The summed E-state index contributed by atoms with van der Waals surface area (Å²) in [6.07, 6.45) is 3.06. The van der Waals surface area contributed by atoms with Crippen LogP contribution in [0, 0.1) is 0 Å². The molecule has 0 aliphatic rings. The summed E-state index contributed by atoms with van der Waals surface area (Å²) in [6, 6.07) is 11.7. The molecule has 92 valence electrons. The maximum atomic E-state index is 11.6. The Kier molecular flexibility index (Phi) is 4.12. The summed E-state index contributed by atoms with van der Waals surface area (Å²) in [5, 5.41) is 4.91. The highest BCUT2D eigenvalue weighted by Gasteiger charge is 2.05. The summed E-state index contributed by atoms with van der Waals surface area (Å²) >= 11 is 3.50. The molecule has 2 rings (SSSR count). The zero-order valence-corrected chi connectivity index (χ0v) is 11.3. The van der Waals surface area contributed by atoms with E-state index in [4.69, 9.17) is 5.73 Å². The molecule has 0 radical (unpaired) electrons. The van der Waals surface area contributed by atoms with Crippen molar-refractivity contribution in [3.63, 3.8) is 0 Å². The normalized spacial score (nSPS) is 11.0. The average molecular weight is 305 g/mol. The Labute approximate surface area is 114 Å². The third-order valence-electron chi connectivity index (χ3n) is 2.53. The van der Waals surface area contributed by atoms with Crippen LogP contribution in [0.25, 0.3) is 10.8 Å². The van der Waals surface area contributed by atoms with Crippen LogP contribution in [0.5, 0.6) is 0 Å². The van der Waals surface area contributed by atoms with Gasteiger partial charge < -0.3 is 11.1 Å². The Morgan fingerprint density at radius 1 is 1.22 bits per heavy atom. The summed E-state index contributed by atoms with van der Waals surface area (Å²) in [4.78, 5) is 11.6. The first-order chi connectivity index (χ1) is 8.72. The van der Waals surface area contributed by atoms with E-state index < -0.39 is 0 Å². The lowest BCUT2D eigenvalue weighted by molar-refractivity contribution is -0.111. The fraction of sp³-hybridized carbons (Fsp3) is 0.0714. The SMILES string of the molecule is NC/C=C/C(=O)Nc1ccc(Br)c2ccccc12. The second-order valence-corrected chi connectivity index (χ2v) is 4.62. The number of hydrogen-bond donors (Lipinski definition) is 2. The molecular formula is C14H13BrN2O. The minimum Gasteiger partial charge on any atom is -0.327 e. The molecule has 2 aromatic carbocycles. The van der Waals surface area contributed by atoms with Crippen LogP contribution in [0.1, 0.15) is 0 Å². The van der Waals surface area contributed by atoms with Crippen molar-refractivity contribution in [2.45, 2.75) is 0 Å². The highest BCUT2D eigenvalue weighted by atomic mass is 79.9. The first-order valence-electron chi connectivity index (χ1n) is 5.57. The lowest BCUT2D eigenvalue weighted by atomic mass is 10.1. The summed E-state index contributed by atoms with van der Waals surface area (Å²) in [5.41, 5.74) is 6.10. The van der Waals surface area contributed by atoms with E-state index in [-0.39, 0.29) is 5.91 Å². The maximum Gasteiger partial charge on any atom is 0.248 e. The van der Waals surface area contributed by atoms with Crippen molar-refractivity contribution in [2.75, 3.05) is 11.9 Å². The molecule has 0 bridgehead atoms. The second-order valence-electron chi connectivity index (χ2n) is 3.77. The number of halogens is 1. The number of carbonyl (C=O) groups excluding carboxylic acids is 1. The van der Waals surface area contributed by atoms with E-state index >= 15 is 0 Å². The summed E-state index contributed by atoms with van der Waals surface area (Å²) < 4.78 is 1.01. The van der Waals surface area contributed by atoms with Gasteiger partial charge in [-0.05, 0) is 17.5 Å². The van der Waals surface area contributed by atoms with Crippen LogP contribution in [0.4, 0.5) is 5.69 Å². The number of hydrogen-bond acceptors (Lipinski definition) is 2. The van der Waals surface area contributed by atoms with Gasteiger partial charge in [0, 0.05) is 28.2 Å². The fourth-order valence-electron chi connectivity index (χ4n) is 1.72. The molecule has 0 aliphatic carbocycles. The molecule has 0 heterocycles. The topological polar surface area (TPSA) is 55.1 Å². The van der Waals surface area contributed by atoms with Crippen LogP contribution in [-0.4, -0.2) is 12.5 Å². The molecule has 0 spiro atoms. The van der Waals surface area contributed by atoms with Crippen molar-refractivity contribution >= 4 is 38.3 Å². The van der Waals surface area contributed by atoms with E-state index in [1.165, 1.54) is 6.08 Å². The molecule has 3 nitrogen and oxygen atoms in total. The van der Waals surface area contributed by atoms with Crippen LogP contribution < -0.4 is 11.1 Å². The standard InChI is InChI=1S/C14H13BrN2O/c15-12-7-8-13(17-14(18)6-3-9-16)11-5-2-1-4-10(11)12/h1-8H,9,16H2,(H,17,18)/b6-3+. The molecule has 4 heteroatoms. The van der Waals surface area contributed by atoms with Gasteiger partial charge in [0.2, 0.25) is 5.91 Å². The van der Waals surface area contributed by atoms with Gasteiger partial charge in [-0.15, -0.1) is 0 Å². The van der Waals surface area contributed by atoms with E-state index in [0.717, 1.165) is 20.9 Å². The largest absolute Gasteiger partial charge is 0.327 e. The van der Waals surface area contributed by atoms with Gasteiger partial charge in [-0.3, -0.25) is 4.79 Å². The summed E-state index contributed by atoms with van der Waals surface area (Å²) in [5.74, 6) is -0.173. The number of fused-ring (bicyclic) bond motifs is 1. The quantitative estimate of drug-likeness (QED) is 0.856. The number of amides is 1. The molecule has 0 unspecified atom stereocenters. The number of benzene rings is 2. The molecule has 0 saturated carbocycles. The predicted octanol–water partition coefficient (Wildman–Crippen LogP) is 3.06. The minimum atomic E-state index is -0.173. The van der Waals surface area contributed by atoms with Crippen molar-refractivity contribution < 1.29 is 4.79 Å². The third kappa shape index (κ3) is 2.78. The molecule has 0 saturated heterocycles. The maximum absolute atomic E-state index is 11.6. The highest BCUT2D eigenvalue weighted by molar-refractivity contribution is 9.10. The van der Waals surface area contributed by atoms with E-state index in [9.17, 15) is 4.79 Å². The van der Waals surface area contributed by atoms with Gasteiger partial charge in [0.15, 0.2) is 0 Å². The van der Waals surface area contributed by atoms with Gasteiger partial charge in [-0.25, -0.2) is 0 Å². The molecule has 18 heavy (non-hydrogen) atoms. The molecule has 0 aromatic heterocycles. The van der Waals surface area contributed by atoms with Crippen LogP contribution in [0.15, 0.2) is 53.0 Å². The third-order valence-corrected chi connectivity index (χ3v) is 3.23. The Morgan fingerprint density at radius 2 is 1.94 bits per heavy atom. The second kappa shape index (κ2) is 5.80. The predicted molar refractivity (Wildman–Crippen MR) is 78.5 cm³/mol. The highest BCUT2D eigenvalue weighted by Crippen LogP contribution is 2.29. The minimum absolute atomic E-state index is 0.173. The van der Waals surface area contributed by atoms with Crippen LogP contribution >= 0.6 is 15.9 Å². The summed E-state index contributed by atoms with van der Waals surface area (Å²) in [6.45, 7) is 0.356. The van der Waals surface area contributed by atoms with Crippen LogP contribution in [0.3, 0.4) is 0 Å². The average Bonchev–Trinajstić information content (AvgIpc) is 2.40. The lowest BCUT2D eigenvalue weighted by Crippen LogP contribution is -2.09. The molecule has 1 amide bonds. The lowest BCUT2D eigenvalue weighted by Gasteiger charge is -2.08. The zero-order chi connectivity index (χ0) is 13.0. The molecule has 0 atom stereocenters. The van der Waals surface area contributed by atoms with Crippen LogP contribution in [-0.2, 0) is 4.79 Å². The Bertz CT molecular complexity index is 608. The number of nitrogens with two attached hydrogens (primary N) is 1. The van der Waals surface area contributed by atoms with Gasteiger partial charge in [-0.2, -0.15) is 0 Å². The van der Waals surface area contributed by atoms with Crippen molar-refractivity contribution in [2.24, 2.45) is 5.73 Å². The van der Waals surface area contributed by atoms with Crippen LogP contribution in [0.2, 0.25) is 0 Å². The van der Waals surface area contributed by atoms with E-state index in [1.807, 2.05) is 36.4 Å². The van der Waals surface area contributed by atoms with Crippen molar-refractivity contribution in [1.29, 1.82) is 0 Å². The zero-order valence-electron chi connectivity index (χ0n) is 9.69. The van der Waals surface area contributed by atoms with E-state index in [2.05, 4.69) is 21.2 Å². The van der Waals surface area contributed by atoms with Gasteiger partial charge in [-0.1, -0.05) is 46.3 Å². The van der Waals surface area contributed by atoms with Gasteiger partial charge >= 0.3 is 0 Å². The first kappa shape index (κ1) is 12.8. The van der Waals surface area contributed by atoms with Crippen molar-refractivity contribution in [3.05, 3.63) is 53.0 Å². The van der Waals surface area contributed by atoms with Crippen molar-refractivity contribution in [1.82, 2.24) is 0 Å². The van der Waals surface area contributed by atoms with E-state index in [1.54, 1.807) is 6.08 Å². The Balaban J connectivity index is 2.37. The smallest absolute Gasteiger partial charge is 0.248 e. The van der Waals surface area contributed by atoms with Crippen molar-refractivity contribution in [3.8, 4) is 0 Å². The first-order valence-corrected chi connectivity index (χ1v) is 6.36. The Morgan fingerprint density at radius 3 is 2.67 bits per heavy atom. The summed E-state index contributed by atoms with van der Waals surface area (Å²) in [7, 11) is 0. The molecule has 0 aliphatic heterocycles. The van der Waals surface area contributed by atoms with Gasteiger partial charge in [0.05, 0.1) is 0 Å². The Hall–Kier alpha value is -1.65. The molecule has 3 N–H and O–H groups in total. The van der Waals surface area contributed by atoms with Gasteiger partial charge in [0.1, 0.15) is 0 Å². The number of rotatable bonds is 3.